The monoisotopic (exact) mass is 644 g/mol. The molecule has 246 valence electrons. The Kier molecular flexibility index (Phi) is 11.7. The Morgan fingerprint density at radius 2 is 1.59 bits per heavy atom. The van der Waals surface area contributed by atoms with Crippen molar-refractivity contribution in [2.45, 2.75) is 76.1 Å². The van der Waals surface area contributed by atoms with Crippen molar-refractivity contribution >= 4 is 28.9 Å². The summed E-state index contributed by atoms with van der Waals surface area (Å²) >= 11 is 1.51. The van der Waals surface area contributed by atoms with Gasteiger partial charge in [0.2, 0.25) is 11.8 Å². The average Bonchev–Trinajstić information content (AvgIpc) is 3.55. The minimum Gasteiger partial charge on any atom is -0.393 e. The molecule has 4 rings (SSSR count). The van der Waals surface area contributed by atoms with Gasteiger partial charge >= 0.3 is 0 Å². The molecule has 2 amide bonds. The fraction of sp³-hybridized carbons (Fsp3) is 0.432. The molecule has 2 aromatic carbocycles. The molecular weight excluding hydrogens is 596 g/mol. The number of nitrogens with two attached hydrogens (primary N) is 2. The molecule has 8 nitrogen and oxygen atoms in total. The predicted molar refractivity (Wildman–Crippen MR) is 185 cm³/mol. The summed E-state index contributed by atoms with van der Waals surface area (Å²) in [5, 5.41) is 12.0. The normalized spacial score (nSPS) is 17.0. The van der Waals surface area contributed by atoms with Crippen LogP contribution in [0, 0.1) is 5.92 Å². The molecular formula is C37H48N4O4S. The van der Waals surface area contributed by atoms with Crippen LogP contribution in [0.15, 0.2) is 84.3 Å². The number of amides is 2. The summed E-state index contributed by atoms with van der Waals surface area (Å²) in [7, 11) is 1.61. The summed E-state index contributed by atoms with van der Waals surface area (Å²) in [5.41, 5.74) is 14.0. The first kappa shape index (κ1) is 35.2. The highest BCUT2D eigenvalue weighted by molar-refractivity contribution is 7.09. The van der Waals surface area contributed by atoms with Gasteiger partial charge in [0.1, 0.15) is 0 Å². The van der Waals surface area contributed by atoms with E-state index in [4.69, 9.17) is 11.5 Å². The number of nitrogens with zero attached hydrogens (tertiary/aromatic N) is 2. The van der Waals surface area contributed by atoms with Crippen LogP contribution in [0.4, 0.5) is 0 Å². The zero-order valence-electron chi connectivity index (χ0n) is 27.4. The van der Waals surface area contributed by atoms with E-state index in [1.807, 2.05) is 86.0 Å². The van der Waals surface area contributed by atoms with Crippen LogP contribution >= 0.6 is 11.3 Å². The number of likely N-dealkylation sites (tertiary alicyclic amines) is 1. The van der Waals surface area contributed by atoms with Crippen molar-refractivity contribution in [2.75, 3.05) is 20.1 Å². The number of ketones is 1. The number of piperidine rings is 1. The molecule has 0 saturated carbocycles. The molecule has 3 atom stereocenters. The molecule has 46 heavy (non-hydrogen) atoms. The van der Waals surface area contributed by atoms with Crippen LogP contribution in [0.1, 0.15) is 50.5 Å². The van der Waals surface area contributed by atoms with Crippen molar-refractivity contribution in [1.82, 2.24) is 9.80 Å². The number of aliphatic hydroxyl groups is 1. The van der Waals surface area contributed by atoms with Gasteiger partial charge in [-0.05, 0) is 80.7 Å². The Labute approximate surface area is 277 Å². The lowest BCUT2D eigenvalue weighted by molar-refractivity contribution is -0.146. The number of thiophene rings is 1. The summed E-state index contributed by atoms with van der Waals surface area (Å²) in [6.45, 7) is 6.20. The smallest absolute Gasteiger partial charge is 0.246 e. The Bertz CT molecular complexity index is 1470. The number of aliphatic hydroxyl groups excluding tert-OH is 1. The van der Waals surface area contributed by atoms with Gasteiger partial charge in [-0.2, -0.15) is 0 Å². The van der Waals surface area contributed by atoms with E-state index in [1.54, 1.807) is 24.9 Å². The first-order chi connectivity index (χ1) is 21.8. The second-order valence-electron chi connectivity index (χ2n) is 13.4. The number of benzene rings is 2. The lowest BCUT2D eigenvalue weighted by atomic mass is 9.75. The van der Waals surface area contributed by atoms with Gasteiger partial charge in [0, 0.05) is 37.0 Å². The van der Waals surface area contributed by atoms with Crippen molar-refractivity contribution < 1.29 is 19.5 Å². The molecule has 0 radical (unpaired) electrons. The number of hydrogen-bond donors (Lipinski definition) is 3. The lowest BCUT2D eigenvalue weighted by Gasteiger charge is -2.40. The molecule has 1 saturated heterocycles. The summed E-state index contributed by atoms with van der Waals surface area (Å²) in [6.07, 6.45) is 4.72. The van der Waals surface area contributed by atoms with Gasteiger partial charge in [0.15, 0.2) is 5.78 Å². The highest BCUT2D eigenvalue weighted by atomic mass is 32.1. The minimum absolute atomic E-state index is 0.205. The van der Waals surface area contributed by atoms with E-state index in [0.29, 0.717) is 38.8 Å². The van der Waals surface area contributed by atoms with Crippen molar-refractivity contribution in [3.05, 3.63) is 94.7 Å². The first-order valence-electron chi connectivity index (χ1n) is 16.0. The van der Waals surface area contributed by atoms with E-state index in [2.05, 4.69) is 0 Å². The fourth-order valence-corrected chi connectivity index (χ4v) is 6.60. The van der Waals surface area contributed by atoms with Gasteiger partial charge in [0.25, 0.3) is 0 Å². The Morgan fingerprint density at radius 3 is 2.17 bits per heavy atom. The molecule has 0 aliphatic carbocycles. The second kappa shape index (κ2) is 15.3. The number of rotatable bonds is 13. The van der Waals surface area contributed by atoms with Gasteiger partial charge in [-0.1, -0.05) is 66.7 Å². The largest absolute Gasteiger partial charge is 0.393 e. The Morgan fingerprint density at radius 1 is 0.957 bits per heavy atom. The standard InChI is InChI=1S/C37H48N4O4S/c1-36(2,38)20-8-13-33(43)40(4)32(24-26-14-16-28(17-15-26)27-10-6-5-7-11-27)34(44)37(3,39)31(25-30-12-9-23-46-30)35(45)41-21-18-29(42)19-22-41/h5-17,23,29,31-32,42H,18-22,24-25,38-39H2,1-4H3/b13-8+/t31-,32-,37?/m1/s1. The van der Waals surface area contributed by atoms with Crippen LogP contribution in [0.3, 0.4) is 0 Å². The third-order valence-corrected chi connectivity index (χ3v) is 9.73. The maximum Gasteiger partial charge on any atom is 0.246 e. The van der Waals surface area contributed by atoms with Crippen LogP contribution in [-0.2, 0) is 27.2 Å². The molecule has 1 aliphatic heterocycles. The SMILES string of the molecule is CN(C(=O)/C=C/CC(C)(C)N)[C@H](Cc1ccc(-c2ccccc2)cc1)C(=O)C(C)(N)[C@H](Cc1cccs1)C(=O)N1CCC(O)CC1. The maximum absolute atomic E-state index is 14.7. The molecule has 5 N–H and O–H groups in total. The van der Waals surface area contributed by atoms with Crippen molar-refractivity contribution in [2.24, 2.45) is 17.4 Å². The molecule has 2 heterocycles. The van der Waals surface area contributed by atoms with Gasteiger partial charge in [0.05, 0.1) is 23.6 Å². The molecule has 1 aromatic heterocycles. The van der Waals surface area contributed by atoms with E-state index >= 15 is 0 Å². The van der Waals surface area contributed by atoms with Gasteiger partial charge in [-0.3, -0.25) is 14.4 Å². The van der Waals surface area contributed by atoms with Crippen LogP contribution < -0.4 is 11.5 Å². The highest BCUT2D eigenvalue weighted by Gasteiger charge is 2.47. The predicted octanol–water partition coefficient (Wildman–Crippen LogP) is 4.60. The van der Waals surface area contributed by atoms with Gasteiger partial charge in [-0.15, -0.1) is 11.3 Å². The van der Waals surface area contributed by atoms with E-state index < -0.39 is 29.1 Å². The van der Waals surface area contributed by atoms with E-state index in [9.17, 15) is 19.5 Å². The van der Waals surface area contributed by atoms with Crippen molar-refractivity contribution in [3.63, 3.8) is 0 Å². The summed E-state index contributed by atoms with van der Waals surface area (Å²) in [4.78, 5) is 46.3. The number of carbonyl (C=O) groups is 3. The zero-order valence-corrected chi connectivity index (χ0v) is 28.2. The van der Waals surface area contributed by atoms with E-state index in [1.165, 1.54) is 22.3 Å². The van der Waals surface area contributed by atoms with Crippen molar-refractivity contribution in [3.8, 4) is 11.1 Å². The number of carbonyl (C=O) groups excluding carboxylic acids is 3. The number of Topliss-reactive ketones (excluding diaryl/α,β-unsaturated/α-hetero) is 1. The van der Waals surface area contributed by atoms with E-state index in [0.717, 1.165) is 21.6 Å². The third-order valence-electron chi connectivity index (χ3n) is 8.83. The quantitative estimate of drug-likeness (QED) is 0.233. The fourth-order valence-electron chi connectivity index (χ4n) is 5.85. The van der Waals surface area contributed by atoms with Gasteiger partial charge in [-0.25, -0.2) is 0 Å². The van der Waals surface area contributed by atoms with Crippen molar-refractivity contribution in [1.29, 1.82) is 0 Å². The molecule has 0 spiro atoms. The van der Waals surface area contributed by atoms with Crippen LogP contribution in [0.5, 0.6) is 0 Å². The zero-order chi connectivity index (χ0) is 33.5. The molecule has 1 unspecified atom stereocenters. The highest BCUT2D eigenvalue weighted by Crippen LogP contribution is 2.30. The minimum atomic E-state index is -1.59. The van der Waals surface area contributed by atoms with Crippen LogP contribution in [0.2, 0.25) is 0 Å². The third kappa shape index (κ3) is 9.22. The summed E-state index contributed by atoms with van der Waals surface area (Å²) in [5.74, 6) is -1.78. The molecule has 9 heteroatoms. The molecule has 3 aromatic rings. The Balaban J connectivity index is 1.66. The number of hydrogen-bond acceptors (Lipinski definition) is 7. The second-order valence-corrected chi connectivity index (χ2v) is 14.4. The summed E-state index contributed by atoms with van der Waals surface area (Å²) in [6, 6.07) is 20.9. The summed E-state index contributed by atoms with van der Waals surface area (Å²) < 4.78 is 0. The lowest BCUT2D eigenvalue weighted by Crippen LogP contribution is -2.63. The van der Waals surface area contributed by atoms with Crippen LogP contribution in [0.25, 0.3) is 11.1 Å². The molecule has 1 fully saturated rings. The molecule has 0 bridgehead atoms. The molecule has 1 aliphatic rings. The van der Waals surface area contributed by atoms with Gasteiger partial charge < -0.3 is 26.4 Å². The van der Waals surface area contributed by atoms with Crippen LogP contribution in [-0.4, -0.2) is 75.9 Å². The number of likely N-dealkylation sites (N-methyl/N-ethyl adjacent to an activating group) is 1. The topological polar surface area (TPSA) is 130 Å². The van der Waals surface area contributed by atoms with E-state index in [-0.39, 0.29) is 24.0 Å². The average molecular weight is 645 g/mol. The maximum atomic E-state index is 14.7. The Hall–Kier alpha value is -3.63. The first-order valence-corrected chi connectivity index (χ1v) is 16.8.